The van der Waals surface area contributed by atoms with Gasteiger partial charge in [0.1, 0.15) is 11.4 Å². The number of nitrogens with zero attached hydrogens (tertiary/aromatic N) is 2. The molecule has 2 heterocycles. The van der Waals surface area contributed by atoms with E-state index in [9.17, 15) is 4.79 Å². The monoisotopic (exact) mass is 392 g/mol. The molecule has 0 saturated carbocycles. The molecule has 0 bridgehead atoms. The number of aromatic nitrogens is 2. The van der Waals surface area contributed by atoms with E-state index < -0.39 is 0 Å². The SMILES string of the molecule is COc1ccc(NC(=O)Nc2cccc(-c3cn4ccccc4n3)c2)cc1Cl. The Morgan fingerprint density at radius 1 is 1.04 bits per heavy atom. The third-order valence-electron chi connectivity index (χ3n) is 4.19. The van der Waals surface area contributed by atoms with E-state index in [0.717, 1.165) is 16.9 Å². The lowest BCUT2D eigenvalue weighted by molar-refractivity contribution is 0.262. The van der Waals surface area contributed by atoms with Crippen molar-refractivity contribution in [3.05, 3.63) is 78.1 Å². The predicted octanol–water partition coefficient (Wildman–Crippen LogP) is 5.31. The van der Waals surface area contributed by atoms with Gasteiger partial charge in [-0.3, -0.25) is 0 Å². The van der Waals surface area contributed by atoms with Crippen LogP contribution in [-0.4, -0.2) is 22.5 Å². The van der Waals surface area contributed by atoms with Crippen LogP contribution in [-0.2, 0) is 0 Å². The third-order valence-corrected chi connectivity index (χ3v) is 4.49. The molecule has 0 spiro atoms. The first-order valence-electron chi connectivity index (χ1n) is 8.58. The number of fused-ring (bicyclic) bond motifs is 1. The summed E-state index contributed by atoms with van der Waals surface area (Å²) in [5, 5.41) is 6.00. The van der Waals surface area contributed by atoms with Gasteiger partial charge in [-0.15, -0.1) is 0 Å². The first kappa shape index (κ1) is 17.9. The molecule has 4 aromatic rings. The van der Waals surface area contributed by atoms with Crippen molar-refractivity contribution in [2.24, 2.45) is 0 Å². The number of rotatable bonds is 4. The number of hydrogen-bond acceptors (Lipinski definition) is 3. The lowest BCUT2D eigenvalue weighted by atomic mass is 10.1. The van der Waals surface area contributed by atoms with Gasteiger partial charge >= 0.3 is 6.03 Å². The van der Waals surface area contributed by atoms with E-state index >= 15 is 0 Å². The number of halogens is 1. The van der Waals surface area contributed by atoms with Crippen molar-refractivity contribution >= 4 is 34.7 Å². The fourth-order valence-electron chi connectivity index (χ4n) is 2.87. The molecular weight excluding hydrogens is 376 g/mol. The lowest BCUT2D eigenvalue weighted by Gasteiger charge is -2.10. The summed E-state index contributed by atoms with van der Waals surface area (Å²) in [6.45, 7) is 0. The van der Waals surface area contributed by atoms with Gasteiger partial charge in [-0.25, -0.2) is 9.78 Å². The molecule has 0 aliphatic rings. The number of nitrogens with one attached hydrogen (secondary N) is 2. The van der Waals surface area contributed by atoms with Crippen molar-refractivity contribution < 1.29 is 9.53 Å². The van der Waals surface area contributed by atoms with Crippen molar-refractivity contribution in [3.63, 3.8) is 0 Å². The average Bonchev–Trinajstić information content (AvgIpc) is 3.12. The summed E-state index contributed by atoms with van der Waals surface area (Å²) in [5.74, 6) is 0.549. The highest BCUT2D eigenvalue weighted by atomic mass is 35.5. The summed E-state index contributed by atoms with van der Waals surface area (Å²) in [7, 11) is 1.54. The molecule has 2 aromatic carbocycles. The third kappa shape index (κ3) is 3.77. The number of methoxy groups -OCH3 is 1. The van der Waals surface area contributed by atoms with Crippen LogP contribution in [0.15, 0.2) is 73.1 Å². The second-order valence-corrected chi connectivity index (χ2v) is 6.51. The van der Waals surface area contributed by atoms with Gasteiger partial charge in [0.05, 0.1) is 17.8 Å². The van der Waals surface area contributed by atoms with Gasteiger partial charge in [0.15, 0.2) is 0 Å². The normalized spacial score (nSPS) is 10.6. The number of carbonyl (C=O) groups excluding carboxylic acids is 1. The van der Waals surface area contributed by atoms with Crippen LogP contribution in [0.4, 0.5) is 16.2 Å². The summed E-state index contributed by atoms with van der Waals surface area (Å²) >= 11 is 6.09. The molecule has 140 valence electrons. The fourth-order valence-corrected chi connectivity index (χ4v) is 3.13. The van der Waals surface area contributed by atoms with Gasteiger partial charge in [0, 0.05) is 29.3 Å². The molecular formula is C21H17ClN4O2. The predicted molar refractivity (Wildman–Crippen MR) is 111 cm³/mol. The van der Waals surface area contributed by atoms with Gasteiger partial charge in [0.2, 0.25) is 0 Å². The maximum Gasteiger partial charge on any atom is 0.323 e. The van der Waals surface area contributed by atoms with E-state index in [1.165, 1.54) is 7.11 Å². The van der Waals surface area contributed by atoms with Crippen LogP contribution in [0, 0.1) is 0 Å². The molecule has 6 nitrogen and oxygen atoms in total. The number of carbonyl (C=O) groups is 1. The Morgan fingerprint density at radius 3 is 2.61 bits per heavy atom. The van der Waals surface area contributed by atoms with Crippen molar-refractivity contribution in [1.29, 1.82) is 0 Å². The maximum absolute atomic E-state index is 12.3. The number of benzene rings is 2. The Morgan fingerprint density at radius 2 is 1.86 bits per heavy atom. The van der Waals surface area contributed by atoms with Crippen LogP contribution in [0.3, 0.4) is 0 Å². The number of anilines is 2. The largest absolute Gasteiger partial charge is 0.495 e. The lowest BCUT2D eigenvalue weighted by Crippen LogP contribution is -2.19. The second kappa shape index (κ2) is 7.62. The number of hydrogen-bond donors (Lipinski definition) is 2. The van der Waals surface area contributed by atoms with Crippen LogP contribution in [0.1, 0.15) is 0 Å². The van der Waals surface area contributed by atoms with Crippen molar-refractivity contribution in [1.82, 2.24) is 9.38 Å². The zero-order valence-corrected chi connectivity index (χ0v) is 15.8. The van der Waals surface area contributed by atoms with Gasteiger partial charge in [-0.05, 0) is 42.5 Å². The second-order valence-electron chi connectivity index (χ2n) is 6.10. The minimum absolute atomic E-state index is 0.367. The van der Waals surface area contributed by atoms with Crippen LogP contribution in [0.2, 0.25) is 5.02 Å². The van der Waals surface area contributed by atoms with E-state index in [1.807, 2.05) is 59.3 Å². The summed E-state index contributed by atoms with van der Waals surface area (Å²) in [5.41, 5.74) is 3.84. The van der Waals surface area contributed by atoms with E-state index in [1.54, 1.807) is 18.2 Å². The molecule has 0 radical (unpaired) electrons. The molecule has 0 aliphatic heterocycles. The number of ether oxygens (including phenoxy) is 1. The Hall–Kier alpha value is -3.51. The topological polar surface area (TPSA) is 67.7 Å². The summed E-state index contributed by atoms with van der Waals surface area (Å²) < 4.78 is 7.06. The Labute approximate surface area is 166 Å². The highest BCUT2D eigenvalue weighted by Crippen LogP contribution is 2.27. The average molecular weight is 393 g/mol. The Kier molecular flexibility index (Phi) is 4.87. The quantitative estimate of drug-likeness (QED) is 0.494. The number of amides is 2. The Bertz CT molecular complexity index is 1120. The van der Waals surface area contributed by atoms with Gasteiger partial charge in [-0.2, -0.15) is 0 Å². The van der Waals surface area contributed by atoms with E-state index in [4.69, 9.17) is 16.3 Å². The van der Waals surface area contributed by atoms with Crippen molar-refractivity contribution in [2.45, 2.75) is 0 Å². The molecule has 2 N–H and O–H groups in total. The highest BCUT2D eigenvalue weighted by Gasteiger charge is 2.08. The first-order chi connectivity index (χ1) is 13.6. The zero-order valence-electron chi connectivity index (χ0n) is 15.0. The van der Waals surface area contributed by atoms with Gasteiger partial charge in [0.25, 0.3) is 0 Å². The maximum atomic E-state index is 12.3. The van der Waals surface area contributed by atoms with Crippen molar-refractivity contribution in [2.75, 3.05) is 17.7 Å². The molecule has 2 amide bonds. The van der Waals surface area contributed by atoms with E-state index in [2.05, 4.69) is 15.6 Å². The molecule has 0 saturated heterocycles. The van der Waals surface area contributed by atoms with Crippen LogP contribution >= 0.6 is 11.6 Å². The molecule has 4 rings (SSSR count). The molecule has 0 atom stereocenters. The summed E-state index contributed by atoms with van der Waals surface area (Å²) in [6.07, 6.45) is 3.90. The zero-order chi connectivity index (χ0) is 19.5. The molecule has 0 fully saturated rings. The smallest absolute Gasteiger partial charge is 0.323 e. The summed E-state index contributed by atoms with van der Waals surface area (Å²) in [4.78, 5) is 16.9. The highest BCUT2D eigenvalue weighted by molar-refractivity contribution is 6.32. The standard InChI is InChI=1S/C21H17ClN4O2/c1-28-19-9-8-16(12-17(19)22)24-21(27)23-15-6-4-5-14(11-15)18-13-26-10-3-2-7-20(26)25-18/h2-13H,1H3,(H2,23,24,27). The number of imidazole rings is 1. The number of pyridine rings is 1. The molecule has 0 aliphatic carbocycles. The van der Waals surface area contributed by atoms with Crippen molar-refractivity contribution in [3.8, 4) is 17.0 Å². The first-order valence-corrected chi connectivity index (χ1v) is 8.96. The van der Waals surface area contributed by atoms with E-state index in [0.29, 0.717) is 22.1 Å². The van der Waals surface area contributed by atoms with Crippen LogP contribution < -0.4 is 15.4 Å². The van der Waals surface area contributed by atoms with Crippen LogP contribution in [0.25, 0.3) is 16.9 Å². The van der Waals surface area contributed by atoms with Crippen LogP contribution in [0.5, 0.6) is 5.75 Å². The molecule has 2 aromatic heterocycles. The Balaban J connectivity index is 1.50. The van der Waals surface area contributed by atoms with Gasteiger partial charge < -0.3 is 19.8 Å². The summed E-state index contributed by atoms with van der Waals surface area (Å²) in [6, 6.07) is 18.0. The molecule has 28 heavy (non-hydrogen) atoms. The van der Waals surface area contributed by atoms with Gasteiger partial charge in [-0.1, -0.05) is 29.8 Å². The van der Waals surface area contributed by atoms with E-state index in [-0.39, 0.29) is 6.03 Å². The number of urea groups is 1. The molecule has 0 unspecified atom stereocenters. The molecule has 7 heteroatoms. The fraction of sp³-hybridized carbons (Fsp3) is 0.0476. The minimum Gasteiger partial charge on any atom is -0.495 e. The minimum atomic E-state index is -0.367.